The molecule has 1 fully saturated rings. The minimum atomic E-state index is -0.807. The Bertz CT molecular complexity index is 717. The van der Waals surface area contributed by atoms with Crippen LogP contribution < -0.4 is 15.2 Å². The maximum absolute atomic E-state index is 12.1. The van der Waals surface area contributed by atoms with Crippen molar-refractivity contribution in [3.05, 3.63) is 29.3 Å². The number of morpholine rings is 1. The van der Waals surface area contributed by atoms with E-state index in [2.05, 4.69) is 0 Å². The molecule has 2 N–H and O–H groups in total. The number of nitrogens with zero attached hydrogens (tertiary/aromatic N) is 2. The highest BCUT2D eigenvalue weighted by atomic mass is 16.5. The highest BCUT2D eigenvalue weighted by Gasteiger charge is 2.18. The van der Waals surface area contributed by atoms with Crippen LogP contribution in [0.2, 0.25) is 0 Å². The molecule has 25 heavy (non-hydrogen) atoms. The first kappa shape index (κ1) is 18.3. The fourth-order valence-corrected chi connectivity index (χ4v) is 2.26. The number of carbonyl (C=O) groups is 2. The van der Waals surface area contributed by atoms with Gasteiger partial charge in [-0.15, -0.1) is 0 Å². The second-order valence-corrected chi connectivity index (χ2v) is 5.23. The standard InChI is InChI=1S/C17H19N3O5/c1-23-15-9-12(8-13(10-18)17(19)22)2-3-14(15)25-11-16(21)20-4-6-24-7-5-20/h2-3,8-9H,4-7,11H2,1H3,(H2,19,22)/b13-8+. The third-order valence-electron chi connectivity index (χ3n) is 3.60. The van der Waals surface area contributed by atoms with Crippen LogP contribution in [-0.4, -0.2) is 56.7 Å². The second-order valence-electron chi connectivity index (χ2n) is 5.23. The molecule has 1 saturated heterocycles. The molecule has 1 aliphatic rings. The van der Waals surface area contributed by atoms with Gasteiger partial charge in [-0.05, 0) is 23.8 Å². The van der Waals surface area contributed by atoms with Gasteiger partial charge in [0.25, 0.3) is 11.8 Å². The predicted molar refractivity (Wildman–Crippen MR) is 88.7 cm³/mol. The number of methoxy groups -OCH3 is 1. The third-order valence-corrected chi connectivity index (χ3v) is 3.60. The van der Waals surface area contributed by atoms with Gasteiger partial charge in [0.15, 0.2) is 18.1 Å². The van der Waals surface area contributed by atoms with E-state index in [1.807, 2.05) is 0 Å². The van der Waals surface area contributed by atoms with Gasteiger partial charge in [-0.2, -0.15) is 5.26 Å². The van der Waals surface area contributed by atoms with E-state index in [1.165, 1.54) is 13.2 Å². The van der Waals surface area contributed by atoms with E-state index in [4.69, 9.17) is 25.2 Å². The molecule has 0 spiro atoms. The molecule has 1 aromatic carbocycles. The van der Waals surface area contributed by atoms with Crippen LogP contribution >= 0.6 is 0 Å². The van der Waals surface area contributed by atoms with Crippen LogP contribution in [0.3, 0.4) is 0 Å². The zero-order valence-corrected chi connectivity index (χ0v) is 13.9. The van der Waals surface area contributed by atoms with Crippen molar-refractivity contribution in [3.63, 3.8) is 0 Å². The van der Waals surface area contributed by atoms with Gasteiger partial charge in [0, 0.05) is 13.1 Å². The molecule has 0 saturated carbocycles. The number of carbonyl (C=O) groups excluding carboxylic acids is 2. The lowest BCUT2D eigenvalue weighted by molar-refractivity contribution is -0.137. The van der Waals surface area contributed by atoms with Gasteiger partial charge in [0.1, 0.15) is 11.6 Å². The molecule has 2 amide bonds. The maximum Gasteiger partial charge on any atom is 0.260 e. The lowest BCUT2D eigenvalue weighted by Crippen LogP contribution is -2.43. The molecule has 0 atom stereocenters. The summed E-state index contributed by atoms with van der Waals surface area (Å²) in [5.74, 6) is -0.170. The van der Waals surface area contributed by atoms with Crippen molar-refractivity contribution in [2.24, 2.45) is 5.73 Å². The summed E-state index contributed by atoms with van der Waals surface area (Å²) in [4.78, 5) is 24.9. The van der Waals surface area contributed by atoms with Crippen LogP contribution in [-0.2, 0) is 14.3 Å². The molecule has 8 nitrogen and oxygen atoms in total. The Balaban J connectivity index is 2.07. The molecule has 0 unspecified atom stereocenters. The summed E-state index contributed by atoms with van der Waals surface area (Å²) in [5, 5.41) is 8.88. The van der Waals surface area contributed by atoms with Gasteiger partial charge in [-0.1, -0.05) is 6.07 Å². The van der Waals surface area contributed by atoms with Crippen LogP contribution in [0.15, 0.2) is 23.8 Å². The Morgan fingerprint density at radius 2 is 2.08 bits per heavy atom. The minimum Gasteiger partial charge on any atom is -0.493 e. The van der Waals surface area contributed by atoms with Crippen molar-refractivity contribution in [2.45, 2.75) is 0 Å². The second kappa shape index (κ2) is 8.70. The minimum absolute atomic E-state index is 0.115. The first-order chi connectivity index (χ1) is 12.0. The average molecular weight is 345 g/mol. The molecule has 1 aliphatic heterocycles. The van der Waals surface area contributed by atoms with Crippen LogP contribution in [0.4, 0.5) is 0 Å². The molecule has 0 aromatic heterocycles. The summed E-state index contributed by atoms with van der Waals surface area (Å²) in [6.45, 7) is 2.03. The van der Waals surface area contributed by atoms with Crippen molar-refractivity contribution in [3.8, 4) is 17.6 Å². The number of rotatable bonds is 6. The van der Waals surface area contributed by atoms with Gasteiger partial charge in [0.2, 0.25) is 0 Å². The molecule has 0 bridgehead atoms. The lowest BCUT2D eigenvalue weighted by atomic mass is 10.1. The van der Waals surface area contributed by atoms with Crippen LogP contribution in [0.25, 0.3) is 6.08 Å². The Labute approximate surface area is 145 Å². The van der Waals surface area contributed by atoms with E-state index in [0.717, 1.165) is 0 Å². The number of amides is 2. The quantitative estimate of drug-likeness (QED) is 0.587. The SMILES string of the molecule is COc1cc(/C=C(\C#N)C(N)=O)ccc1OCC(=O)N1CCOCC1. The topological polar surface area (TPSA) is 115 Å². The molecule has 132 valence electrons. The van der Waals surface area contributed by atoms with Gasteiger partial charge >= 0.3 is 0 Å². The van der Waals surface area contributed by atoms with Crippen molar-refractivity contribution in [1.29, 1.82) is 5.26 Å². The van der Waals surface area contributed by atoms with Crippen LogP contribution in [0, 0.1) is 11.3 Å². The number of ether oxygens (including phenoxy) is 3. The summed E-state index contributed by atoms with van der Waals surface area (Å²) in [5.41, 5.74) is 5.50. The maximum atomic E-state index is 12.1. The molecule has 1 heterocycles. The van der Waals surface area contributed by atoms with E-state index in [9.17, 15) is 9.59 Å². The van der Waals surface area contributed by atoms with Gasteiger partial charge in [0.05, 0.1) is 20.3 Å². The fourth-order valence-electron chi connectivity index (χ4n) is 2.26. The first-order valence-corrected chi connectivity index (χ1v) is 7.63. The van der Waals surface area contributed by atoms with E-state index in [1.54, 1.807) is 29.2 Å². The third kappa shape index (κ3) is 4.96. The zero-order valence-electron chi connectivity index (χ0n) is 13.9. The van der Waals surface area contributed by atoms with E-state index in [-0.39, 0.29) is 18.1 Å². The summed E-state index contributed by atoms with van der Waals surface area (Å²) < 4.78 is 16.0. The number of hydrogen-bond donors (Lipinski definition) is 1. The summed E-state index contributed by atoms with van der Waals surface area (Å²) in [7, 11) is 1.46. The fraction of sp³-hybridized carbons (Fsp3) is 0.353. The molecular weight excluding hydrogens is 326 g/mol. The number of nitrogens with two attached hydrogens (primary N) is 1. The van der Waals surface area contributed by atoms with Crippen molar-refractivity contribution in [1.82, 2.24) is 4.90 Å². The highest BCUT2D eigenvalue weighted by molar-refractivity contribution is 6.00. The molecule has 0 radical (unpaired) electrons. The van der Waals surface area contributed by atoms with Gasteiger partial charge in [-0.25, -0.2) is 0 Å². The van der Waals surface area contributed by atoms with Crippen molar-refractivity contribution < 1.29 is 23.8 Å². The summed E-state index contributed by atoms with van der Waals surface area (Å²) in [6.07, 6.45) is 1.35. The summed E-state index contributed by atoms with van der Waals surface area (Å²) in [6, 6.07) is 6.57. The Morgan fingerprint density at radius 3 is 2.68 bits per heavy atom. The predicted octanol–water partition coefficient (Wildman–Crippen LogP) is 0.325. The van der Waals surface area contributed by atoms with E-state index in [0.29, 0.717) is 43.4 Å². The van der Waals surface area contributed by atoms with Crippen LogP contribution in [0.5, 0.6) is 11.5 Å². The van der Waals surface area contributed by atoms with Crippen LogP contribution in [0.1, 0.15) is 5.56 Å². The Kier molecular flexibility index (Phi) is 6.37. The zero-order chi connectivity index (χ0) is 18.2. The largest absolute Gasteiger partial charge is 0.493 e. The molecule has 8 heteroatoms. The summed E-state index contributed by atoms with van der Waals surface area (Å²) >= 11 is 0. The lowest BCUT2D eigenvalue weighted by Gasteiger charge is -2.26. The average Bonchev–Trinajstić information content (AvgIpc) is 2.64. The Morgan fingerprint density at radius 1 is 1.36 bits per heavy atom. The Hall–Kier alpha value is -3.05. The number of hydrogen-bond acceptors (Lipinski definition) is 6. The number of nitriles is 1. The van der Waals surface area contributed by atoms with E-state index >= 15 is 0 Å². The molecule has 0 aliphatic carbocycles. The molecular formula is C17H19N3O5. The monoisotopic (exact) mass is 345 g/mol. The van der Waals surface area contributed by atoms with Gasteiger partial charge in [-0.3, -0.25) is 9.59 Å². The van der Waals surface area contributed by atoms with Crippen molar-refractivity contribution in [2.75, 3.05) is 40.0 Å². The molecule has 2 rings (SSSR count). The smallest absolute Gasteiger partial charge is 0.260 e. The highest BCUT2D eigenvalue weighted by Crippen LogP contribution is 2.29. The van der Waals surface area contributed by atoms with Gasteiger partial charge < -0.3 is 24.8 Å². The molecule has 1 aromatic rings. The van der Waals surface area contributed by atoms with E-state index < -0.39 is 5.91 Å². The normalized spacial score (nSPS) is 14.6. The number of benzene rings is 1. The first-order valence-electron chi connectivity index (χ1n) is 7.63. The number of primary amides is 1. The van der Waals surface area contributed by atoms with Crippen molar-refractivity contribution >= 4 is 17.9 Å².